The highest BCUT2D eigenvalue weighted by molar-refractivity contribution is 6.33. The molecule has 0 saturated heterocycles. The first-order valence-corrected chi connectivity index (χ1v) is 11.0. The quantitative estimate of drug-likeness (QED) is 0.288. The Kier molecular flexibility index (Phi) is 3.80. The van der Waals surface area contributed by atoms with Crippen LogP contribution in [-0.4, -0.2) is 39.0 Å². The zero-order chi connectivity index (χ0) is 22.2. The lowest BCUT2D eigenvalue weighted by molar-refractivity contribution is -0.0860. The third-order valence-electron chi connectivity index (χ3n) is 6.35. The van der Waals surface area contributed by atoms with Gasteiger partial charge in [-0.1, -0.05) is 47.5 Å². The highest BCUT2D eigenvalue weighted by atomic mass is 35.5. The Balaban J connectivity index is 1.32. The summed E-state index contributed by atoms with van der Waals surface area (Å²) in [6.45, 7) is 0.982. The summed E-state index contributed by atoms with van der Waals surface area (Å²) < 4.78 is 10.8. The lowest BCUT2D eigenvalue weighted by Crippen LogP contribution is -2.30. The average Bonchev–Trinajstić information content (AvgIpc) is 3.57. The molecule has 5 aromatic rings. The van der Waals surface area contributed by atoms with Crippen LogP contribution >= 0.6 is 23.2 Å². The van der Waals surface area contributed by atoms with Gasteiger partial charge in [0, 0.05) is 0 Å². The zero-order valence-corrected chi connectivity index (χ0v) is 18.4. The Hall–Kier alpha value is -3.40. The van der Waals surface area contributed by atoms with Crippen LogP contribution in [0.25, 0.3) is 22.3 Å². The molecule has 0 spiro atoms. The predicted molar refractivity (Wildman–Crippen MR) is 121 cm³/mol. The van der Waals surface area contributed by atoms with Gasteiger partial charge in [0.2, 0.25) is 0 Å². The molecule has 0 fully saturated rings. The van der Waals surface area contributed by atoms with Crippen LogP contribution in [0.3, 0.4) is 0 Å². The van der Waals surface area contributed by atoms with E-state index in [0.717, 1.165) is 11.1 Å². The highest BCUT2D eigenvalue weighted by Crippen LogP contribution is 2.55. The van der Waals surface area contributed by atoms with E-state index < -0.39 is 11.2 Å². The van der Waals surface area contributed by atoms with Crippen LogP contribution in [-0.2, 0) is 29.0 Å². The molecule has 4 aromatic heterocycles. The molecular weight excluding hydrogens is 463 g/mol. The maximum atomic E-state index is 6.86. The summed E-state index contributed by atoms with van der Waals surface area (Å²) in [5.74, 6) is 0. The molecule has 0 radical (unpaired) electrons. The summed E-state index contributed by atoms with van der Waals surface area (Å²) in [6.07, 6.45) is 10.6. The minimum Gasteiger partial charge on any atom is -0.347 e. The first kappa shape index (κ1) is 19.1. The van der Waals surface area contributed by atoms with E-state index in [1.807, 2.05) is 21.3 Å². The monoisotopic (exact) mass is 476 g/mol. The molecule has 2 aliphatic heterocycles. The smallest absolute Gasteiger partial charge is 0.164 e. The number of ether oxygens (including phenoxy) is 1. The Morgan fingerprint density at radius 3 is 1.67 bits per heavy atom. The first-order valence-electron chi connectivity index (χ1n) is 10.2. The average molecular weight is 477 g/mol. The highest BCUT2D eigenvalue weighted by Gasteiger charge is 2.56. The third kappa shape index (κ3) is 2.58. The topological polar surface area (TPSA) is 96.4 Å². The number of nitrogens with zero attached hydrogens (tertiary/aromatic N) is 8. The molecular formula is C22H14Cl2N8O. The Morgan fingerprint density at radius 2 is 1.18 bits per heavy atom. The van der Waals surface area contributed by atoms with Crippen LogP contribution in [0.1, 0.15) is 11.1 Å². The molecule has 6 heterocycles. The Labute approximate surface area is 196 Å². The van der Waals surface area contributed by atoms with E-state index in [1.165, 1.54) is 12.7 Å². The summed E-state index contributed by atoms with van der Waals surface area (Å²) in [4.78, 5) is 25.6. The van der Waals surface area contributed by atoms with Crippen molar-refractivity contribution in [1.82, 2.24) is 39.0 Å². The summed E-state index contributed by atoms with van der Waals surface area (Å²) in [6, 6.07) is 8.26. The van der Waals surface area contributed by atoms with Crippen molar-refractivity contribution in [3.8, 4) is 0 Å². The van der Waals surface area contributed by atoms with Gasteiger partial charge in [0.05, 0.1) is 25.7 Å². The van der Waals surface area contributed by atoms with Crippen LogP contribution in [0.4, 0.5) is 0 Å². The second-order valence-electron chi connectivity index (χ2n) is 8.18. The van der Waals surface area contributed by atoms with Gasteiger partial charge in [-0.3, -0.25) is 0 Å². The Morgan fingerprint density at radius 1 is 0.697 bits per heavy atom. The normalized spacial score (nSPS) is 23.1. The predicted octanol–water partition coefficient (Wildman–Crippen LogP) is 3.66. The molecule has 33 heavy (non-hydrogen) atoms. The van der Waals surface area contributed by atoms with E-state index in [1.54, 1.807) is 12.7 Å². The number of imidazole rings is 2. The molecule has 9 nitrogen and oxygen atoms in total. The number of hydrogen-bond donors (Lipinski definition) is 0. The molecule has 2 bridgehead atoms. The van der Waals surface area contributed by atoms with E-state index in [2.05, 4.69) is 54.2 Å². The standard InChI is InChI=1S/C22H14Cl2N8O/c23-17-15-19(27-9-25-17)31(11-29-15)7-21-5-6-22(33-21,14-4-2-1-3-13(14)21)8-32-12-30-16-18(24)26-10-28-20(16)32/h1-6,9-12H,7-8H2/t21-,22+. The van der Waals surface area contributed by atoms with Crippen LogP contribution in [0.5, 0.6) is 0 Å². The number of benzene rings is 1. The third-order valence-corrected chi connectivity index (χ3v) is 6.90. The molecule has 0 aliphatic carbocycles. The van der Waals surface area contributed by atoms with E-state index in [9.17, 15) is 0 Å². The van der Waals surface area contributed by atoms with Gasteiger partial charge in [0.25, 0.3) is 0 Å². The number of rotatable bonds is 4. The van der Waals surface area contributed by atoms with Crippen LogP contribution in [0, 0.1) is 0 Å². The van der Waals surface area contributed by atoms with Gasteiger partial charge in [-0.2, -0.15) is 0 Å². The maximum Gasteiger partial charge on any atom is 0.164 e. The number of aromatic nitrogens is 8. The zero-order valence-electron chi connectivity index (χ0n) is 16.9. The molecule has 0 unspecified atom stereocenters. The number of halogens is 2. The second kappa shape index (κ2) is 6.57. The SMILES string of the molecule is Clc1ncnc2c1ncn2C[C@@]12C=C[C@@](Cn3cnc4c(Cl)ncnc43)(O1)c1ccccc12. The number of fused-ring (bicyclic) bond motifs is 7. The molecule has 2 atom stereocenters. The molecule has 7 rings (SSSR count). The molecule has 0 saturated carbocycles. The molecule has 1 aromatic carbocycles. The van der Waals surface area contributed by atoms with Gasteiger partial charge >= 0.3 is 0 Å². The van der Waals surface area contributed by atoms with Crippen molar-refractivity contribution in [3.05, 3.63) is 83.2 Å². The van der Waals surface area contributed by atoms with Gasteiger partial charge in [0.1, 0.15) is 34.9 Å². The van der Waals surface area contributed by atoms with Gasteiger partial charge in [-0.25, -0.2) is 29.9 Å². The van der Waals surface area contributed by atoms with Crippen molar-refractivity contribution in [1.29, 1.82) is 0 Å². The summed E-state index contributed by atoms with van der Waals surface area (Å²) in [5, 5.41) is 0.654. The molecule has 162 valence electrons. The lowest BCUT2D eigenvalue weighted by atomic mass is 9.81. The van der Waals surface area contributed by atoms with Crippen molar-refractivity contribution in [2.45, 2.75) is 24.3 Å². The van der Waals surface area contributed by atoms with Crippen molar-refractivity contribution in [2.24, 2.45) is 0 Å². The van der Waals surface area contributed by atoms with Crippen LogP contribution in [0.15, 0.2) is 61.7 Å². The fourth-order valence-corrected chi connectivity index (χ4v) is 5.31. The van der Waals surface area contributed by atoms with Gasteiger partial charge in [-0.15, -0.1) is 0 Å². The van der Waals surface area contributed by atoms with E-state index >= 15 is 0 Å². The van der Waals surface area contributed by atoms with E-state index in [-0.39, 0.29) is 0 Å². The number of hydrogen-bond acceptors (Lipinski definition) is 7. The fourth-order valence-electron chi connectivity index (χ4n) is 4.95. The summed E-state index contributed by atoms with van der Waals surface area (Å²) >= 11 is 12.4. The molecule has 11 heteroatoms. The molecule has 2 aliphatic rings. The summed E-state index contributed by atoms with van der Waals surface area (Å²) in [5.41, 5.74) is 3.31. The van der Waals surface area contributed by atoms with Crippen LogP contribution in [0.2, 0.25) is 10.3 Å². The van der Waals surface area contributed by atoms with Crippen molar-refractivity contribution in [3.63, 3.8) is 0 Å². The minimum atomic E-state index is -0.676. The maximum absolute atomic E-state index is 6.86. The van der Waals surface area contributed by atoms with E-state index in [4.69, 9.17) is 27.9 Å². The lowest BCUT2D eigenvalue weighted by Gasteiger charge is -2.26. The summed E-state index contributed by atoms with van der Waals surface area (Å²) in [7, 11) is 0. The van der Waals surface area contributed by atoms with Crippen LogP contribution < -0.4 is 0 Å². The van der Waals surface area contributed by atoms with Gasteiger partial charge < -0.3 is 13.9 Å². The van der Waals surface area contributed by atoms with E-state index in [0.29, 0.717) is 45.7 Å². The van der Waals surface area contributed by atoms with Gasteiger partial charge in [-0.05, 0) is 23.3 Å². The fraction of sp³-hybridized carbons (Fsp3) is 0.182. The van der Waals surface area contributed by atoms with Crippen molar-refractivity contribution >= 4 is 45.5 Å². The molecule has 0 amide bonds. The largest absolute Gasteiger partial charge is 0.347 e. The van der Waals surface area contributed by atoms with Crippen molar-refractivity contribution < 1.29 is 4.74 Å². The van der Waals surface area contributed by atoms with Crippen molar-refractivity contribution in [2.75, 3.05) is 0 Å². The minimum absolute atomic E-state index is 0.327. The molecule has 0 N–H and O–H groups in total. The van der Waals surface area contributed by atoms with Gasteiger partial charge in [0.15, 0.2) is 21.6 Å². The Bertz CT molecular complexity index is 1490. The first-order chi connectivity index (χ1) is 16.1. The second-order valence-corrected chi connectivity index (χ2v) is 8.89.